The first-order valence-electron chi connectivity index (χ1n) is 10.6. The molecule has 0 unspecified atom stereocenters. The summed E-state index contributed by atoms with van der Waals surface area (Å²) in [5.74, 6) is -0.664. The lowest BCUT2D eigenvalue weighted by atomic mass is 9.75. The Morgan fingerprint density at radius 1 is 1.28 bits per heavy atom. The Balaban J connectivity index is 1.77. The van der Waals surface area contributed by atoms with Crippen LogP contribution in [0.5, 0.6) is 5.75 Å². The van der Waals surface area contributed by atoms with Crippen molar-refractivity contribution in [3.63, 3.8) is 0 Å². The van der Waals surface area contributed by atoms with E-state index in [2.05, 4.69) is 19.0 Å². The van der Waals surface area contributed by atoms with Crippen LogP contribution in [0.1, 0.15) is 60.0 Å². The van der Waals surface area contributed by atoms with Crippen LogP contribution in [-0.4, -0.2) is 33.7 Å². The number of carboxylic acids is 1. The number of hydrogen-bond acceptors (Lipinski definition) is 6. The van der Waals surface area contributed by atoms with E-state index in [1.165, 1.54) is 6.20 Å². The van der Waals surface area contributed by atoms with Gasteiger partial charge >= 0.3 is 5.97 Å². The molecule has 0 atom stereocenters. The lowest BCUT2D eigenvalue weighted by Gasteiger charge is -2.29. The lowest BCUT2D eigenvalue weighted by molar-refractivity contribution is 0.0695. The first-order chi connectivity index (χ1) is 15.3. The molecule has 1 fully saturated rings. The third-order valence-electron chi connectivity index (χ3n) is 6.57. The average Bonchev–Trinajstić information content (AvgIpc) is 3.51. The summed E-state index contributed by atoms with van der Waals surface area (Å²) in [6.45, 7) is 4.15. The van der Waals surface area contributed by atoms with E-state index in [1.54, 1.807) is 24.5 Å². The van der Waals surface area contributed by atoms with Gasteiger partial charge in [-0.15, -0.1) is 11.3 Å². The monoisotopic (exact) mass is 452 g/mol. The Kier molecular flexibility index (Phi) is 4.67. The number of hydrogen-bond donors (Lipinski definition) is 2. The molecule has 8 heteroatoms. The Morgan fingerprint density at radius 2 is 2.03 bits per heavy atom. The lowest BCUT2D eigenvalue weighted by Crippen LogP contribution is -2.30. The minimum absolute atomic E-state index is 0.158. The molecule has 0 saturated heterocycles. The van der Waals surface area contributed by atoms with E-state index < -0.39 is 11.4 Å². The molecule has 32 heavy (non-hydrogen) atoms. The van der Waals surface area contributed by atoms with E-state index in [4.69, 9.17) is 4.74 Å². The fourth-order valence-electron chi connectivity index (χ4n) is 4.66. The molecule has 1 saturated carbocycles. The van der Waals surface area contributed by atoms with Gasteiger partial charge < -0.3 is 19.6 Å². The molecule has 0 bridgehead atoms. The number of nitrogens with zero attached hydrogens (tertiary/aromatic N) is 2. The Bertz CT molecular complexity index is 1360. The Hall–Kier alpha value is -3.13. The fourth-order valence-corrected chi connectivity index (χ4v) is 5.84. The van der Waals surface area contributed by atoms with Crippen LogP contribution in [0.15, 0.2) is 34.3 Å². The highest BCUT2D eigenvalue weighted by Gasteiger charge is 2.35. The van der Waals surface area contributed by atoms with Gasteiger partial charge in [-0.2, -0.15) is 0 Å². The van der Waals surface area contributed by atoms with Crippen molar-refractivity contribution < 1.29 is 19.8 Å². The number of carbonyl (C=O) groups is 1. The van der Waals surface area contributed by atoms with Gasteiger partial charge in [0.15, 0.2) is 5.75 Å². The van der Waals surface area contributed by atoms with Gasteiger partial charge in [0.05, 0.1) is 23.7 Å². The number of thiophene rings is 1. The number of aromatic carboxylic acids is 1. The van der Waals surface area contributed by atoms with Gasteiger partial charge in [-0.05, 0) is 43.9 Å². The van der Waals surface area contributed by atoms with Crippen molar-refractivity contribution in [1.82, 2.24) is 4.57 Å². The molecule has 5 rings (SSSR count). The molecular formula is C24H24N2O5S. The summed E-state index contributed by atoms with van der Waals surface area (Å²) in [4.78, 5) is 26.7. The number of oxime groups is 1. The molecule has 7 nitrogen and oxygen atoms in total. The van der Waals surface area contributed by atoms with Gasteiger partial charge in [0.25, 0.3) is 0 Å². The zero-order chi connectivity index (χ0) is 22.8. The molecule has 0 radical (unpaired) electrons. The zero-order valence-corrected chi connectivity index (χ0v) is 19.0. The molecule has 166 valence electrons. The van der Waals surface area contributed by atoms with E-state index in [0.717, 1.165) is 46.6 Å². The van der Waals surface area contributed by atoms with E-state index in [1.807, 2.05) is 16.7 Å². The first kappa shape index (κ1) is 20.8. The number of methoxy groups -OCH3 is 1. The standard InChI is InChI=1S/C24H24N2O5S/c1-24(2)9-8-17-15(22(24)25-30)10-18(32-17)13-6-7-14-19(21(13)31-3)26(12-4-5-12)11-16(20(14)27)23(28)29/h6-7,10-12,30H,4-5,8-9H2,1-3H3,(H,28,29)/b25-22+. The number of pyridine rings is 1. The number of benzene rings is 1. The maximum atomic E-state index is 12.9. The maximum absolute atomic E-state index is 12.9. The average molecular weight is 453 g/mol. The predicted molar refractivity (Wildman–Crippen MR) is 124 cm³/mol. The summed E-state index contributed by atoms with van der Waals surface area (Å²) in [6.07, 6.45) is 5.12. The number of aryl methyl sites for hydroxylation is 1. The van der Waals surface area contributed by atoms with Crippen molar-refractivity contribution >= 4 is 33.9 Å². The van der Waals surface area contributed by atoms with Crippen LogP contribution >= 0.6 is 11.3 Å². The van der Waals surface area contributed by atoms with Gasteiger partial charge in [0.1, 0.15) is 5.56 Å². The van der Waals surface area contributed by atoms with Crippen LogP contribution in [0.25, 0.3) is 21.3 Å². The van der Waals surface area contributed by atoms with Crippen molar-refractivity contribution in [3.05, 3.63) is 50.6 Å². The Labute approximate surface area is 188 Å². The molecule has 2 aliphatic carbocycles. The molecule has 2 N–H and O–H groups in total. The normalized spacial score (nSPS) is 18.7. The number of aromatic nitrogens is 1. The number of carboxylic acid groups (broad SMARTS) is 1. The van der Waals surface area contributed by atoms with E-state index >= 15 is 0 Å². The van der Waals surface area contributed by atoms with Crippen LogP contribution in [-0.2, 0) is 6.42 Å². The fraction of sp³-hybridized carbons (Fsp3) is 0.375. The summed E-state index contributed by atoms with van der Waals surface area (Å²) in [6, 6.07) is 5.71. The first-order valence-corrected chi connectivity index (χ1v) is 11.4. The van der Waals surface area contributed by atoms with Crippen LogP contribution in [0, 0.1) is 5.41 Å². The topological polar surface area (TPSA) is 101 Å². The Morgan fingerprint density at radius 3 is 2.66 bits per heavy atom. The molecule has 3 aromatic rings. The third-order valence-corrected chi connectivity index (χ3v) is 7.80. The highest BCUT2D eigenvalue weighted by molar-refractivity contribution is 7.16. The highest BCUT2D eigenvalue weighted by atomic mass is 32.1. The smallest absolute Gasteiger partial charge is 0.341 e. The van der Waals surface area contributed by atoms with Crippen LogP contribution in [0.3, 0.4) is 0 Å². The van der Waals surface area contributed by atoms with Crippen molar-refractivity contribution in [1.29, 1.82) is 0 Å². The van der Waals surface area contributed by atoms with Gasteiger partial charge in [-0.3, -0.25) is 4.79 Å². The van der Waals surface area contributed by atoms with Gasteiger partial charge in [0.2, 0.25) is 5.43 Å². The van der Waals surface area contributed by atoms with Crippen LogP contribution in [0.4, 0.5) is 0 Å². The SMILES string of the molecule is COc1c(-c2cc3c(s2)CCC(C)(C)/C3=N/O)ccc2c(=O)c(C(=O)O)cn(C3CC3)c12. The molecule has 2 heterocycles. The van der Waals surface area contributed by atoms with Gasteiger partial charge in [-0.25, -0.2) is 4.79 Å². The number of rotatable bonds is 4. The highest BCUT2D eigenvalue weighted by Crippen LogP contribution is 2.47. The number of fused-ring (bicyclic) bond motifs is 2. The second kappa shape index (κ2) is 7.20. The summed E-state index contributed by atoms with van der Waals surface area (Å²) < 4.78 is 7.72. The van der Waals surface area contributed by atoms with Gasteiger partial charge in [0, 0.05) is 38.5 Å². The van der Waals surface area contributed by atoms with E-state index in [-0.39, 0.29) is 17.0 Å². The number of ether oxygens (including phenoxy) is 1. The molecule has 2 aromatic heterocycles. The molecule has 1 aromatic carbocycles. The maximum Gasteiger partial charge on any atom is 0.341 e. The van der Waals surface area contributed by atoms with Crippen molar-refractivity contribution in [2.45, 2.75) is 45.6 Å². The second-order valence-electron chi connectivity index (χ2n) is 9.14. The van der Waals surface area contributed by atoms with Crippen molar-refractivity contribution in [3.8, 4) is 16.2 Å². The van der Waals surface area contributed by atoms with Gasteiger partial charge in [-0.1, -0.05) is 19.0 Å². The summed E-state index contributed by atoms with van der Waals surface area (Å²) in [7, 11) is 1.57. The second-order valence-corrected chi connectivity index (χ2v) is 10.3. The minimum atomic E-state index is -1.22. The largest absolute Gasteiger partial charge is 0.494 e. The quantitative estimate of drug-likeness (QED) is 0.432. The molecule has 0 amide bonds. The summed E-state index contributed by atoms with van der Waals surface area (Å²) in [5, 5.41) is 23.2. The van der Waals surface area contributed by atoms with E-state index in [0.29, 0.717) is 22.4 Å². The van der Waals surface area contributed by atoms with Crippen LogP contribution in [0.2, 0.25) is 0 Å². The third kappa shape index (κ3) is 3.04. The van der Waals surface area contributed by atoms with Crippen molar-refractivity contribution in [2.75, 3.05) is 7.11 Å². The van der Waals surface area contributed by atoms with Crippen LogP contribution < -0.4 is 10.2 Å². The summed E-state index contributed by atoms with van der Waals surface area (Å²) >= 11 is 1.64. The predicted octanol–water partition coefficient (Wildman–Crippen LogP) is 4.92. The minimum Gasteiger partial charge on any atom is -0.494 e. The molecule has 0 aliphatic heterocycles. The van der Waals surface area contributed by atoms with E-state index in [9.17, 15) is 19.9 Å². The van der Waals surface area contributed by atoms with Crippen molar-refractivity contribution in [2.24, 2.45) is 10.6 Å². The molecular weight excluding hydrogens is 428 g/mol. The molecule has 2 aliphatic rings. The zero-order valence-electron chi connectivity index (χ0n) is 18.1. The molecule has 0 spiro atoms. The summed E-state index contributed by atoms with van der Waals surface area (Å²) in [5.41, 5.74) is 2.16.